The number of hydrogen-bond donors (Lipinski definition) is 1. The second-order valence-corrected chi connectivity index (χ2v) is 7.58. The van der Waals surface area contributed by atoms with Crippen LogP contribution in [0.4, 0.5) is 0 Å². The standard InChI is InChI=1S/C17H35NO3/c1-13(2)15(19)11-20-17(7,8)12-21-16(5,6)9-10-18-14(3)4/h13-14,18H,9-12H2,1-8H3. The van der Waals surface area contributed by atoms with Gasteiger partial charge < -0.3 is 14.8 Å². The summed E-state index contributed by atoms with van der Waals surface area (Å²) >= 11 is 0. The Morgan fingerprint density at radius 1 is 1.00 bits per heavy atom. The molecule has 21 heavy (non-hydrogen) atoms. The third-order valence-electron chi connectivity index (χ3n) is 3.34. The van der Waals surface area contributed by atoms with Gasteiger partial charge in [0.05, 0.1) is 17.8 Å². The van der Waals surface area contributed by atoms with Gasteiger partial charge in [-0.3, -0.25) is 4.79 Å². The summed E-state index contributed by atoms with van der Waals surface area (Å²) < 4.78 is 11.7. The molecule has 1 N–H and O–H groups in total. The minimum absolute atomic E-state index is 0.0141. The maximum absolute atomic E-state index is 11.6. The summed E-state index contributed by atoms with van der Waals surface area (Å²) in [7, 11) is 0. The molecule has 0 fully saturated rings. The molecule has 0 aromatic rings. The van der Waals surface area contributed by atoms with E-state index in [1.807, 2.05) is 27.7 Å². The first-order chi connectivity index (χ1) is 9.45. The van der Waals surface area contributed by atoms with Crippen LogP contribution in [0.15, 0.2) is 0 Å². The Kier molecular flexibility index (Phi) is 8.67. The maximum Gasteiger partial charge on any atom is 0.161 e. The average Bonchev–Trinajstić information content (AvgIpc) is 2.33. The molecule has 0 aliphatic rings. The Hall–Kier alpha value is -0.450. The Bertz CT molecular complexity index is 309. The van der Waals surface area contributed by atoms with Crippen molar-refractivity contribution in [3.63, 3.8) is 0 Å². The van der Waals surface area contributed by atoms with Gasteiger partial charge in [0, 0.05) is 12.0 Å². The number of hydrogen-bond acceptors (Lipinski definition) is 4. The molecule has 126 valence electrons. The number of Topliss-reactive ketones (excluding diaryl/α,β-unsaturated/α-hetero) is 1. The molecule has 0 aromatic heterocycles. The first-order valence-electron chi connectivity index (χ1n) is 7.99. The predicted octanol–water partition coefficient (Wildman–Crippen LogP) is 3.19. The Balaban J connectivity index is 4.12. The molecule has 0 aliphatic heterocycles. The van der Waals surface area contributed by atoms with Crippen LogP contribution in [0.25, 0.3) is 0 Å². The highest BCUT2D eigenvalue weighted by Gasteiger charge is 2.26. The molecule has 0 radical (unpaired) electrons. The SMILES string of the molecule is CC(C)NCCC(C)(C)OCC(C)(C)OCC(=O)C(C)C. The van der Waals surface area contributed by atoms with Gasteiger partial charge in [-0.15, -0.1) is 0 Å². The number of rotatable bonds is 11. The first kappa shape index (κ1) is 20.6. The van der Waals surface area contributed by atoms with Crippen molar-refractivity contribution in [3.8, 4) is 0 Å². The smallest absolute Gasteiger partial charge is 0.161 e. The van der Waals surface area contributed by atoms with Gasteiger partial charge in [-0.05, 0) is 40.7 Å². The lowest BCUT2D eigenvalue weighted by Gasteiger charge is -2.32. The number of ketones is 1. The van der Waals surface area contributed by atoms with E-state index in [4.69, 9.17) is 9.47 Å². The topological polar surface area (TPSA) is 47.6 Å². The molecular weight excluding hydrogens is 266 g/mol. The summed E-state index contributed by atoms with van der Waals surface area (Å²) in [5.41, 5.74) is -0.655. The van der Waals surface area contributed by atoms with Gasteiger partial charge in [0.25, 0.3) is 0 Å². The Morgan fingerprint density at radius 3 is 2.05 bits per heavy atom. The maximum atomic E-state index is 11.6. The van der Waals surface area contributed by atoms with E-state index in [0.717, 1.165) is 13.0 Å². The van der Waals surface area contributed by atoms with Crippen LogP contribution < -0.4 is 5.32 Å². The van der Waals surface area contributed by atoms with Crippen LogP contribution in [-0.2, 0) is 14.3 Å². The van der Waals surface area contributed by atoms with E-state index in [-0.39, 0.29) is 23.9 Å². The molecule has 4 nitrogen and oxygen atoms in total. The van der Waals surface area contributed by atoms with E-state index in [1.165, 1.54) is 0 Å². The van der Waals surface area contributed by atoms with Crippen LogP contribution in [0.5, 0.6) is 0 Å². The lowest BCUT2D eigenvalue weighted by molar-refractivity contribution is -0.144. The molecule has 0 saturated carbocycles. The zero-order chi connectivity index (χ0) is 16.7. The number of carbonyl (C=O) groups is 1. The molecule has 0 spiro atoms. The fourth-order valence-corrected chi connectivity index (χ4v) is 1.58. The summed E-state index contributed by atoms with van der Waals surface area (Å²) in [6, 6.07) is 0.489. The summed E-state index contributed by atoms with van der Waals surface area (Å²) in [6.07, 6.45) is 0.937. The van der Waals surface area contributed by atoms with Crippen LogP contribution in [0.2, 0.25) is 0 Å². The van der Waals surface area contributed by atoms with Crippen molar-refractivity contribution in [2.75, 3.05) is 19.8 Å². The van der Waals surface area contributed by atoms with E-state index in [9.17, 15) is 4.79 Å². The minimum atomic E-state index is -0.451. The highest BCUT2D eigenvalue weighted by atomic mass is 16.6. The highest BCUT2D eigenvalue weighted by Crippen LogP contribution is 2.19. The molecule has 0 heterocycles. The van der Waals surface area contributed by atoms with Gasteiger partial charge in [-0.1, -0.05) is 27.7 Å². The van der Waals surface area contributed by atoms with E-state index in [1.54, 1.807) is 0 Å². The average molecular weight is 301 g/mol. The monoisotopic (exact) mass is 301 g/mol. The van der Waals surface area contributed by atoms with Crippen LogP contribution in [0.1, 0.15) is 61.8 Å². The van der Waals surface area contributed by atoms with Gasteiger partial charge >= 0.3 is 0 Å². The van der Waals surface area contributed by atoms with Crippen molar-refractivity contribution in [1.29, 1.82) is 0 Å². The molecule has 4 heteroatoms. The molecule has 0 unspecified atom stereocenters. The first-order valence-corrected chi connectivity index (χ1v) is 7.99. The molecule has 0 aromatic carbocycles. The molecule has 0 bridgehead atoms. The number of carbonyl (C=O) groups excluding carboxylic acids is 1. The molecular formula is C17H35NO3. The van der Waals surface area contributed by atoms with Crippen molar-refractivity contribution in [1.82, 2.24) is 5.32 Å². The van der Waals surface area contributed by atoms with E-state index in [2.05, 4.69) is 33.0 Å². The van der Waals surface area contributed by atoms with E-state index in [0.29, 0.717) is 12.6 Å². The van der Waals surface area contributed by atoms with Crippen LogP contribution in [0, 0.1) is 5.92 Å². The van der Waals surface area contributed by atoms with Gasteiger partial charge in [0.15, 0.2) is 5.78 Å². The largest absolute Gasteiger partial charge is 0.373 e. The third-order valence-corrected chi connectivity index (χ3v) is 3.34. The van der Waals surface area contributed by atoms with Crippen molar-refractivity contribution in [2.45, 2.75) is 79.1 Å². The number of nitrogens with one attached hydrogen (secondary N) is 1. The normalized spacial score (nSPS) is 13.2. The highest BCUT2D eigenvalue weighted by molar-refractivity contribution is 5.81. The van der Waals surface area contributed by atoms with Gasteiger partial charge in [0.1, 0.15) is 6.61 Å². The second-order valence-electron chi connectivity index (χ2n) is 7.58. The lowest BCUT2D eigenvalue weighted by Crippen LogP contribution is -2.39. The predicted molar refractivity (Wildman–Crippen MR) is 87.7 cm³/mol. The molecule has 0 aliphatic carbocycles. The Morgan fingerprint density at radius 2 is 1.57 bits per heavy atom. The Labute approximate surface area is 131 Å². The zero-order valence-corrected chi connectivity index (χ0v) is 15.2. The second kappa shape index (κ2) is 8.86. The zero-order valence-electron chi connectivity index (χ0n) is 15.2. The van der Waals surface area contributed by atoms with E-state index < -0.39 is 5.60 Å². The molecule has 0 saturated heterocycles. The quantitative estimate of drug-likeness (QED) is 0.636. The summed E-state index contributed by atoms with van der Waals surface area (Å²) in [5, 5.41) is 3.40. The summed E-state index contributed by atoms with van der Waals surface area (Å²) in [6.45, 7) is 17.7. The van der Waals surface area contributed by atoms with Crippen molar-refractivity contribution in [2.24, 2.45) is 5.92 Å². The van der Waals surface area contributed by atoms with Gasteiger partial charge in [0.2, 0.25) is 0 Å². The molecule has 0 atom stereocenters. The number of ether oxygens (including phenoxy) is 2. The summed E-state index contributed by atoms with van der Waals surface area (Å²) in [4.78, 5) is 11.6. The molecule has 0 amide bonds. The van der Waals surface area contributed by atoms with Crippen molar-refractivity contribution >= 4 is 5.78 Å². The fourth-order valence-electron chi connectivity index (χ4n) is 1.58. The van der Waals surface area contributed by atoms with Crippen molar-refractivity contribution < 1.29 is 14.3 Å². The van der Waals surface area contributed by atoms with Crippen molar-refractivity contribution in [3.05, 3.63) is 0 Å². The van der Waals surface area contributed by atoms with E-state index >= 15 is 0 Å². The minimum Gasteiger partial charge on any atom is -0.373 e. The third kappa shape index (κ3) is 10.9. The van der Waals surface area contributed by atoms with Gasteiger partial charge in [-0.25, -0.2) is 0 Å². The van der Waals surface area contributed by atoms with Gasteiger partial charge in [-0.2, -0.15) is 0 Å². The summed E-state index contributed by atoms with van der Waals surface area (Å²) in [5.74, 6) is 0.142. The van der Waals surface area contributed by atoms with Crippen LogP contribution in [0.3, 0.4) is 0 Å². The molecule has 0 rings (SSSR count). The van der Waals surface area contributed by atoms with Crippen LogP contribution >= 0.6 is 0 Å². The lowest BCUT2D eigenvalue weighted by atomic mass is 10.0. The van der Waals surface area contributed by atoms with Crippen LogP contribution in [-0.4, -0.2) is 42.8 Å². The fraction of sp³-hybridized carbons (Fsp3) is 0.941.